The van der Waals surface area contributed by atoms with Crippen LogP contribution in [0.25, 0.3) is 0 Å². The van der Waals surface area contributed by atoms with Gasteiger partial charge in [-0.2, -0.15) is 0 Å². The standard InChI is InChI=1S/C20H29N2O3/c1-3-24-17-11-14(12-18(25-4-2)19(17)15-8-9-15)13-22-10-6-5-7-16(22)20(21)23/h5,11-12,15-16H,3-4,6-10,13H2,1-2H3,(H2,21,23). The van der Waals surface area contributed by atoms with Crippen LogP contribution in [-0.2, 0) is 11.3 Å². The van der Waals surface area contributed by atoms with Crippen LogP contribution in [0, 0.1) is 6.42 Å². The molecule has 1 aromatic rings. The first-order valence-electron chi connectivity index (χ1n) is 9.41. The molecule has 3 rings (SSSR count). The van der Waals surface area contributed by atoms with Crippen molar-refractivity contribution in [2.24, 2.45) is 5.73 Å². The van der Waals surface area contributed by atoms with E-state index < -0.39 is 0 Å². The summed E-state index contributed by atoms with van der Waals surface area (Å²) < 4.78 is 11.9. The van der Waals surface area contributed by atoms with Crippen molar-refractivity contribution in [1.82, 2.24) is 4.90 Å². The lowest BCUT2D eigenvalue weighted by molar-refractivity contribution is -0.124. The molecular weight excluding hydrogens is 316 g/mol. The van der Waals surface area contributed by atoms with Gasteiger partial charge in [0.15, 0.2) is 0 Å². The lowest BCUT2D eigenvalue weighted by Gasteiger charge is -2.33. The molecule has 1 aliphatic carbocycles. The summed E-state index contributed by atoms with van der Waals surface area (Å²) in [6.45, 7) is 6.83. The molecule has 5 nitrogen and oxygen atoms in total. The highest BCUT2D eigenvalue weighted by molar-refractivity contribution is 5.80. The summed E-state index contributed by atoms with van der Waals surface area (Å²) in [5.41, 5.74) is 7.92. The fraction of sp³-hybridized carbons (Fsp3) is 0.600. The maximum Gasteiger partial charge on any atom is 0.234 e. The largest absolute Gasteiger partial charge is 0.493 e. The second-order valence-electron chi connectivity index (χ2n) is 6.85. The third kappa shape index (κ3) is 4.27. The zero-order chi connectivity index (χ0) is 17.8. The summed E-state index contributed by atoms with van der Waals surface area (Å²) in [7, 11) is 0. The second kappa shape index (κ2) is 8.09. The summed E-state index contributed by atoms with van der Waals surface area (Å²) in [5.74, 6) is 2.18. The molecule has 1 aliphatic heterocycles. The number of nitrogens with two attached hydrogens (primary N) is 1. The molecule has 1 saturated carbocycles. The Morgan fingerprint density at radius 3 is 2.36 bits per heavy atom. The zero-order valence-corrected chi connectivity index (χ0v) is 15.3. The molecule has 1 atom stereocenters. The van der Waals surface area contributed by atoms with Crippen molar-refractivity contribution in [2.75, 3.05) is 19.8 Å². The van der Waals surface area contributed by atoms with Crippen molar-refractivity contribution in [3.05, 3.63) is 29.7 Å². The van der Waals surface area contributed by atoms with Crippen LogP contribution >= 0.6 is 0 Å². The SMILES string of the molecule is CCOc1cc(CN2CC[CH]CC2C(N)=O)cc(OCC)c1C1CC1. The van der Waals surface area contributed by atoms with Gasteiger partial charge in [0.1, 0.15) is 11.5 Å². The maximum atomic E-state index is 11.8. The van der Waals surface area contributed by atoms with E-state index in [1.807, 2.05) is 13.8 Å². The molecule has 2 fully saturated rings. The van der Waals surface area contributed by atoms with Crippen LogP contribution in [-0.4, -0.2) is 36.6 Å². The Morgan fingerprint density at radius 1 is 1.20 bits per heavy atom. The van der Waals surface area contributed by atoms with Crippen molar-refractivity contribution in [3.63, 3.8) is 0 Å². The van der Waals surface area contributed by atoms with Crippen molar-refractivity contribution in [2.45, 2.75) is 58.0 Å². The average molecular weight is 345 g/mol. The molecular formula is C20H29N2O3. The van der Waals surface area contributed by atoms with E-state index in [0.29, 0.717) is 25.7 Å². The molecule has 2 N–H and O–H groups in total. The minimum atomic E-state index is -0.249. The monoisotopic (exact) mass is 345 g/mol. The molecule has 137 valence electrons. The number of piperidine rings is 1. The molecule has 1 saturated heterocycles. The van der Waals surface area contributed by atoms with E-state index >= 15 is 0 Å². The summed E-state index contributed by atoms with van der Waals surface area (Å²) in [6.07, 6.45) is 6.27. The minimum Gasteiger partial charge on any atom is -0.493 e. The molecule has 25 heavy (non-hydrogen) atoms. The number of benzene rings is 1. The number of primary amides is 1. The van der Waals surface area contributed by atoms with Crippen LogP contribution < -0.4 is 15.2 Å². The van der Waals surface area contributed by atoms with Crippen molar-refractivity contribution < 1.29 is 14.3 Å². The molecule has 1 radical (unpaired) electrons. The molecule has 2 aliphatic rings. The van der Waals surface area contributed by atoms with E-state index in [0.717, 1.165) is 36.4 Å². The molecule has 5 heteroatoms. The van der Waals surface area contributed by atoms with Crippen molar-refractivity contribution in [3.8, 4) is 11.5 Å². The zero-order valence-electron chi connectivity index (χ0n) is 15.3. The van der Waals surface area contributed by atoms with Crippen LogP contribution in [0.2, 0.25) is 0 Å². The highest BCUT2D eigenvalue weighted by Crippen LogP contribution is 2.49. The number of nitrogens with zero attached hydrogens (tertiary/aromatic N) is 1. The van der Waals surface area contributed by atoms with Crippen LogP contribution in [0.15, 0.2) is 12.1 Å². The first-order valence-corrected chi connectivity index (χ1v) is 9.41. The summed E-state index contributed by atoms with van der Waals surface area (Å²) in [5, 5.41) is 0. The van der Waals surface area contributed by atoms with Gasteiger partial charge in [-0.25, -0.2) is 0 Å². The van der Waals surface area contributed by atoms with Crippen molar-refractivity contribution in [1.29, 1.82) is 0 Å². The van der Waals surface area contributed by atoms with Gasteiger partial charge in [0.25, 0.3) is 0 Å². The molecule has 1 unspecified atom stereocenters. The highest BCUT2D eigenvalue weighted by atomic mass is 16.5. The molecule has 1 aromatic carbocycles. The van der Waals surface area contributed by atoms with Crippen LogP contribution in [0.5, 0.6) is 11.5 Å². The fourth-order valence-electron chi connectivity index (χ4n) is 3.63. The van der Waals surface area contributed by atoms with Crippen molar-refractivity contribution >= 4 is 5.91 Å². The van der Waals surface area contributed by atoms with E-state index in [9.17, 15) is 4.79 Å². The van der Waals surface area contributed by atoms with Crippen LogP contribution in [0.4, 0.5) is 0 Å². The minimum absolute atomic E-state index is 0.219. The third-order valence-corrected chi connectivity index (χ3v) is 4.91. The quantitative estimate of drug-likeness (QED) is 0.786. The number of carbonyl (C=O) groups excluding carboxylic acids is 1. The average Bonchev–Trinajstić information content (AvgIpc) is 3.40. The van der Waals surface area contributed by atoms with Gasteiger partial charge in [0.05, 0.1) is 19.3 Å². The Hall–Kier alpha value is -1.75. The smallest absolute Gasteiger partial charge is 0.234 e. The second-order valence-corrected chi connectivity index (χ2v) is 6.85. The Kier molecular flexibility index (Phi) is 5.84. The summed E-state index contributed by atoms with van der Waals surface area (Å²) in [4.78, 5) is 13.9. The van der Waals surface area contributed by atoms with Gasteiger partial charge in [-0.1, -0.05) is 0 Å². The molecule has 0 aromatic heterocycles. The summed E-state index contributed by atoms with van der Waals surface area (Å²) >= 11 is 0. The van der Waals surface area contributed by atoms with Gasteiger partial charge in [0.2, 0.25) is 5.91 Å². The summed E-state index contributed by atoms with van der Waals surface area (Å²) in [6, 6.07) is 4.02. The number of rotatable bonds is 8. The van der Waals surface area contributed by atoms with Gasteiger partial charge >= 0.3 is 0 Å². The normalized spacial score (nSPS) is 21.1. The molecule has 0 bridgehead atoms. The van der Waals surface area contributed by atoms with E-state index in [-0.39, 0.29) is 11.9 Å². The Bertz CT molecular complexity index is 586. The van der Waals surface area contributed by atoms with Crippen LogP contribution in [0.1, 0.15) is 56.6 Å². The topological polar surface area (TPSA) is 64.8 Å². The Balaban J connectivity index is 1.88. The van der Waals surface area contributed by atoms with E-state index in [1.165, 1.54) is 18.4 Å². The highest BCUT2D eigenvalue weighted by Gasteiger charge is 2.32. The van der Waals surface area contributed by atoms with Gasteiger partial charge < -0.3 is 15.2 Å². The molecule has 1 heterocycles. The predicted molar refractivity (Wildman–Crippen MR) is 97.7 cm³/mol. The van der Waals surface area contributed by atoms with Gasteiger partial charge in [0, 0.05) is 12.1 Å². The first-order chi connectivity index (χ1) is 12.1. The maximum absolute atomic E-state index is 11.8. The number of hydrogen-bond acceptors (Lipinski definition) is 4. The van der Waals surface area contributed by atoms with Gasteiger partial charge in [-0.05, 0) is 76.1 Å². The van der Waals surface area contributed by atoms with E-state index in [2.05, 4.69) is 23.5 Å². The van der Waals surface area contributed by atoms with Crippen LogP contribution in [0.3, 0.4) is 0 Å². The third-order valence-electron chi connectivity index (χ3n) is 4.91. The van der Waals surface area contributed by atoms with E-state index in [1.54, 1.807) is 0 Å². The first kappa shape index (κ1) is 18.1. The fourth-order valence-corrected chi connectivity index (χ4v) is 3.63. The van der Waals surface area contributed by atoms with Gasteiger partial charge in [-0.15, -0.1) is 0 Å². The number of hydrogen-bond donors (Lipinski definition) is 1. The van der Waals surface area contributed by atoms with E-state index in [4.69, 9.17) is 15.2 Å². The van der Waals surface area contributed by atoms with Gasteiger partial charge in [-0.3, -0.25) is 9.69 Å². The molecule has 1 amide bonds. The molecule has 0 spiro atoms. The lowest BCUT2D eigenvalue weighted by atomic mass is 9.99. The Labute approximate surface area is 150 Å². The number of carbonyl (C=O) groups is 1. The Morgan fingerprint density at radius 2 is 1.84 bits per heavy atom. The lowest BCUT2D eigenvalue weighted by Crippen LogP contribution is -2.47. The number of amides is 1. The number of likely N-dealkylation sites (tertiary alicyclic amines) is 1. The number of ether oxygens (including phenoxy) is 2. The predicted octanol–water partition coefficient (Wildman–Crippen LogP) is 3.02.